The number of carbonyl (C=O) groups excluding carboxylic acids is 1. The zero-order chi connectivity index (χ0) is 11.3. The van der Waals surface area contributed by atoms with Crippen molar-refractivity contribution in [2.24, 2.45) is 0 Å². The van der Waals surface area contributed by atoms with E-state index in [1.54, 1.807) is 25.3 Å². The Labute approximate surface area is 97.5 Å². The van der Waals surface area contributed by atoms with E-state index >= 15 is 0 Å². The minimum atomic E-state index is 0.00912. The van der Waals surface area contributed by atoms with E-state index in [9.17, 15) is 4.79 Å². The second kappa shape index (κ2) is 5.75. The van der Waals surface area contributed by atoms with Crippen LogP contribution in [0.4, 0.5) is 0 Å². The molecule has 0 saturated heterocycles. The number of carbonyl (C=O) groups is 1. The summed E-state index contributed by atoms with van der Waals surface area (Å²) in [6, 6.07) is 5.18. The topological polar surface area (TPSA) is 35.5 Å². The fraction of sp³-hybridized carbons (Fsp3) is 0.364. The number of hydrogen-bond donors (Lipinski definition) is 0. The molecule has 0 saturated carbocycles. The van der Waals surface area contributed by atoms with Gasteiger partial charge in [0.2, 0.25) is 0 Å². The van der Waals surface area contributed by atoms with Crippen molar-refractivity contribution >= 4 is 21.7 Å². The number of methoxy groups -OCH3 is 1. The van der Waals surface area contributed by atoms with Gasteiger partial charge in [0, 0.05) is 11.6 Å². The van der Waals surface area contributed by atoms with Crippen LogP contribution in [-0.4, -0.2) is 24.8 Å². The van der Waals surface area contributed by atoms with Gasteiger partial charge in [0.25, 0.3) is 0 Å². The monoisotopic (exact) mass is 272 g/mol. The van der Waals surface area contributed by atoms with E-state index in [0.29, 0.717) is 29.0 Å². The molecule has 0 radical (unpaired) electrons. The Morgan fingerprint density at radius 2 is 2.00 bits per heavy atom. The lowest BCUT2D eigenvalue weighted by atomic mass is 10.1. The molecule has 0 atom stereocenters. The molecule has 4 heteroatoms. The molecule has 82 valence electrons. The van der Waals surface area contributed by atoms with E-state index < -0.39 is 0 Å². The van der Waals surface area contributed by atoms with Crippen molar-refractivity contribution in [1.29, 1.82) is 0 Å². The first kappa shape index (κ1) is 12.0. The van der Waals surface area contributed by atoms with Gasteiger partial charge in [-0.25, -0.2) is 0 Å². The Balaban J connectivity index is 3.05. The number of benzene rings is 1. The van der Waals surface area contributed by atoms with Gasteiger partial charge in [-0.15, -0.1) is 0 Å². The van der Waals surface area contributed by atoms with Gasteiger partial charge in [0.15, 0.2) is 5.78 Å². The number of ether oxygens (including phenoxy) is 2. The Morgan fingerprint density at radius 3 is 2.53 bits per heavy atom. The molecule has 0 aliphatic rings. The zero-order valence-electron chi connectivity index (χ0n) is 8.75. The minimum Gasteiger partial charge on any atom is -0.497 e. The van der Waals surface area contributed by atoms with Gasteiger partial charge in [-0.3, -0.25) is 4.79 Å². The van der Waals surface area contributed by atoms with Crippen molar-refractivity contribution in [1.82, 2.24) is 0 Å². The lowest BCUT2D eigenvalue weighted by Gasteiger charge is -2.08. The average molecular weight is 273 g/mol. The average Bonchev–Trinajstić information content (AvgIpc) is 2.28. The molecular formula is C11H13BrO3. The lowest BCUT2D eigenvalue weighted by Crippen LogP contribution is -2.02. The van der Waals surface area contributed by atoms with E-state index in [0.717, 1.165) is 0 Å². The Morgan fingerprint density at radius 1 is 1.33 bits per heavy atom. The van der Waals surface area contributed by atoms with Crippen molar-refractivity contribution in [3.63, 3.8) is 0 Å². The molecule has 0 amide bonds. The lowest BCUT2D eigenvalue weighted by molar-refractivity contribution is 0.102. The summed E-state index contributed by atoms with van der Waals surface area (Å²) in [5.41, 5.74) is 0.592. The molecule has 0 aromatic heterocycles. The number of alkyl halides is 1. The summed E-state index contributed by atoms with van der Waals surface area (Å²) in [5, 5.41) is 0.297. The summed E-state index contributed by atoms with van der Waals surface area (Å²) in [5.74, 6) is 1.29. The fourth-order valence-electron chi connectivity index (χ4n) is 1.18. The Hall–Kier alpha value is -1.03. The van der Waals surface area contributed by atoms with Crippen molar-refractivity contribution in [3.8, 4) is 11.5 Å². The highest BCUT2D eigenvalue weighted by atomic mass is 79.9. The minimum absolute atomic E-state index is 0.00912. The Bertz CT molecular complexity index is 350. The van der Waals surface area contributed by atoms with Crippen molar-refractivity contribution in [2.75, 3.05) is 19.0 Å². The molecule has 0 unspecified atom stereocenters. The molecule has 0 N–H and O–H groups in total. The maximum Gasteiger partial charge on any atom is 0.173 e. The molecule has 1 aromatic carbocycles. The van der Waals surface area contributed by atoms with Crippen LogP contribution in [0, 0.1) is 0 Å². The van der Waals surface area contributed by atoms with Gasteiger partial charge in [-0.05, 0) is 19.1 Å². The molecule has 0 aliphatic heterocycles. The number of ketones is 1. The molecule has 1 rings (SSSR count). The first-order valence-electron chi connectivity index (χ1n) is 4.62. The first-order chi connectivity index (χ1) is 7.21. The summed E-state index contributed by atoms with van der Waals surface area (Å²) >= 11 is 3.13. The van der Waals surface area contributed by atoms with Crippen LogP contribution in [0.5, 0.6) is 11.5 Å². The maximum absolute atomic E-state index is 11.5. The molecule has 3 nitrogen and oxygen atoms in total. The molecule has 0 fully saturated rings. The van der Waals surface area contributed by atoms with E-state index in [4.69, 9.17) is 9.47 Å². The molecule has 0 heterocycles. The second-order valence-electron chi connectivity index (χ2n) is 2.89. The highest BCUT2D eigenvalue weighted by Gasteiger charge is 2.08. The summed E-state index contributed by atoms with van der Waals surface area (Å²) in [7, 11) is 1.56. The van der Waals surface area contributed by atoms with Crippen LogP contribution in [0.25, 0.3) is 0 Å². The smallest absolute Gasteiger partial charge is 0.173 e. The van der Waals surface area contributed by atoms with E-state index in [1.807, 2.05) is 6.92 Å². The number of rotatable bonds is 5. The highest BCUT2D eigenvalue weighted by Crippen LogP contribution is 2.23. The van der Waals surface area contributed by atoms with Crippen LogP contribution in [0.15, 0.2) is 18.2 Å². The van der Waals surface area contributed by atoms with Gasteiger partial charge in [-0.1, -0.05) is 15.9 Å². The van der Waals surface area contributed by atoms with Gasteiger partial charge in [0.1, 0.15) is 11.5 Å². The maximum atomic E-state index is 11.5. The van der Waals surface area contributed by atoms with Crippen molar-refractivity contribution < 1.29 is 14.3 Å². The van der Waals surface area contributed by atoms with Gasteiger partial charge >= 0.3 is 0 Å². The normalized spacial score (nSPS) is 9.80. The largest absolute Gasteiger partial charge is 0.497 e. The van der Waals surface area contributed by atoms with E-state index in [-0.39, 0.29) is 5.78 Å². The summed E-state index contributed by atoms with van der Waals surface area (Å²) in [6.45, 7) is 2.46. The summed E-state index contributed by atoms with van der Waals surface area (Å²) in [4.78, 5) is 11.5. The van der Waals surface area contributed by atoms with Crippen LogP contribution in [0.3, 0.4) is 0 Å². The number of Topliss-reactive ketones (excluding diaryl/α,β-unsaturated/α-hetero) is 1. The molecule has 0 bridgehead atoms. The predicted molar refractivity (Wildman–Crippen MR) is 62.3 cm³/mol. The molecule has 0 aliphatic carbocycles. The van der Waals surface area contributed by atoms with Gasteiger partial charge in [-0.2, -0.15) is 0 Å². The fourth-order valence-corrected chi connectivity index (χ4v) is 1.50. The van der Waals surface area contributed by atoms with Gasteiger partial charge < -0.3 is 9.47 Å². The predicted octanol–water partition coefficient (Wildman–Crippen LogP) is 2.67. The Kier molecular flexibility index (Phi) is 4.62. The second-order valence-corrected chi connectivity index (χ2v) is 3.45. The van der Waals surface area contributed by atoms with E-state index in [2.05, 4.69) is 15.9 Å². The number of hydrogen-bond acceptors (Lipinski definition) is 3. The van der Waals surface area contributed by atoms with Crippen LogP contribution < -0.4 is 9.47 Å². The quantitative estimate of drug-likeness (QED) is 0.611. The van der Waals surface area contributed by atoms with Crippen molar-refractivity contribution in [2.45, 2.75) is 6.92 Å². The van der Waals surface area contributed by atoms with Crippen LogP contribution in [-0.2, 0) is 0 Å². The molecule has 0 spiro atoms. The van der Waals surface area contributed by atoms with Crippen LogP contribution >= 0.6 is 15.9 Å². The highest BCUT2D eigenvalue weighted by molar-refractivity contribution is 9.09. The zero-order valence-corrected chi connectivity index (χ0v) is 10.3. The van der Waals surface area contributed by atoms with Crippen LogP contribution in [0.1, 0.15) is 17.3 Å². The van der Waals surface area contributed by atoms with Gasteiger partial charge in [0.05, 0.1) is 19.0 Å². The first-order valence-corrected chi connectivity index (χ1v) is 5.74. The summed E-state index contributed by atoms with van der Waals surface area (Å²) in [6.07, 6.45) is 0. The molecule has 1 aromatic rings. The molecular weight excluding hydrogens is 260 g/mol. The number of halogens is 1. The third-order valence-corrected chi connectivity index (χ3v) is 2.38. The SMILES string of the molecule is CCOc1cc(OC)cc(C(=O)CBr)c1. The van der Waals surface area contributed by atoms with E-state index in [1.165, 1.54) is 0 Å². The third kappa shape index (κ3) is 3.23. The standard InChI is InChI=1S/C11H13BrO3/c1-3-15-10-5-8(11(13)7-12)4-9(6-10)14-2/h4-6H,3,7H2,1-2H3. The van der Waals surface area contributed by atoms with Crippen molar-refractivity contribution in [3.05, 3.63) is 23.8 Å². The molecule has 15 heavy (non-hydrogen) atoms. The van der Waals surface area contributed by atoms with Crippen LogP contribution in [0.2, 0.25) is 0 Å². The third-order valence-electron chi connectivity index (χ3n) is 1.87. The summed E-state index contributed by atoms with van der Waals surface area (Å²) < 4.78 is 10.4.